The molecule has 3 atom stereocenters. The third-order valence-corrected chi connectivity index (χ3v) is 7.46. The average Bonchev–Trinajstić information content (AvgIpc) is 2.68. The summed E-state index contributed by atoms with van der Waals surface area (Å²) in [6, 6.07) is 6.38. The molecule has 2 heterocycles. The van der Waals surface area contributed by atoms with E-state index >= 15 is 0 Å². The molecule has 1 amide bonds. The molecule has 0 unspecified atom stereocenters. The van der Waals surface area contributed by atoms with Gasteiger partial charge in [0.1, 0.15) is 18.0 Å². The van der Waals surface area contributed by atoms with Crippen molar-refractivity contribution in [1.29, 1.82) is 0 Å². The van der Waals surface area contributed by atoms with E-state index in [9.17, 15) is 24.2 Å². The minimum atomic E-state index is -1.23. The molecule has 158 valence electrons. The number of piperidine rings is 1. The third kappa shape index (κ3) is 2.43. The van der Waals surface area contributed by atoms with Gasteiger partial charge in [-0.3, -0.25) is 14.5 Å². The van der Waals surface area contributed by atoms with Crippen LogP contribution >= 0.6 is 0 Å². The van der Waals surface area contributed by atoms with Crippen molar-refractivity contribution in [3.05, 3.63) is 62.6 Å². The SMILES string of the molecule is NC(=O)c1cc2c([nH]c1=O)C[C@]13CCN(CCF)[C@H](Cc4ccc(O)cc41)[C@]3(O)C2. The van der Waals surface area contributed by atoms with Crippen molar-refractivity contribution in [2.24, 2.45) is 5.73 Å². The van der Waals surface area contributed by atoms with Gasteiger partial charge >= 0.3 is 0 Å². The second-order valence-corrected chi connectivity index (χ2v) is 8.78. The van der Waals surface area contributed by atoms with E-state index in [0.717, 1.165) is 11.1 Å². The smallest absolute Gasteiger partial charge is 0.261 e. The molecule has 5 N–H and O–H groups in total. The first-order chi connectivity index (χ1) is 14.3. The first-order valence-corrected chi connectivity index (χ1v) is 10.2. The van der Waals surface area contributed by atoms with Crippen molar-refractivity contribution in [1.82, 2.24) is 9.88 Å². The zero-order valence-corrected chi connectivity index (χ0v) is 16.4. The van der Waals surface area contributed by atoms with Gasteiger partial charge in [0, 0.05) is 36.5 Å². The second kappa shape index (κ2) is 6.39. The Morgan fingerprint density at radius 3 is 2.83 bits per heavy atom. The molecule has 7 nitrogen and oxygen atoms in total. The molecule has 0 saturated carbocycles. The number of phenols is 1. The number of alkyl halides is 1. The minimum Gasteiger partial charge on any atom is -0.508 e. The highest BCUT2D eigenvalue weighted by Gasteiger charge is 2.64. The number of phenolic OH excluding ortho intramolecular Hbond substituents is 1. The van der Waals surface area contributed by atoms with Gasteiger partial charge in [-0.1, -0.05) is 6.07 Å². The number of amides is 1. The number of H-pyrrole nitrogens is 1. The number of nitrogens with zero attached hydrogens (tertiary/aromatic N) is 1. The topological polar surface area (TPSA) is 120 Å². The van der Waals surface area contributed by atoms with E-state index in [1.54, 1.807) is 12.1 Å². The van der Waals surface area contributed by atoms with Crippen molar-refractivity contribution in [3.63, 3.8) is 0 Å². The van der Waals surface area contributed by atoms with Gasteiger partial charge in [-0.05, 0) is 54.3 Å². The van der Waals surface area contributed by atoms with Crippen LogP contribution in [-0.2, 0) is 24.7 Å². The average molecular weight is 413 g/mol. The van der Waals surface area contributed by atoms with Crippen LogP contribution in [0.2, 0.25) is 0 Å². The molecule has 0 radical (unpaired) electrons. The second-order valence-electron chi connectivity index (χ2n) is 8.78. The molecule has 3 aliphatic rings. The summed E-state index contributed by atoms with van der Waals surface area (Å²) in [7, 11) is 0. The number of hydrogen-bond acceptors (Lipinski definition) is 5. The van der Waals surface area contributed by atoms with Crippen LogP contribution in [0.1, 0.15) is 39.2 Å². The van der Waals surface area contributed by atoms with E-state index in [-0.39, 0.29) is 30.3 Å². The lowest BCUT2D eigenvalue weighted by atomic mass is 9.49. The van der Waals surface area contributed by atoms with Crippen LogP contribution < -0.4 is 11.3 Å². The fourth-order valence-electron chi connectivity index (χ4n) is 6.09. The number of carbonyl (C=O) groups is 1. The maximum absolute atomic E-state index is 13.3. The fourth-order valence-corrected chi connectivity index (χ4v) is 6.09. The summed E-state index contributed by atoms with van der Waals surface area (Å²) in [5.41, 5.74) is 5.97. The Kier molecular flexibility index (Phi) is 4.10. The van der Waals surface area contributed by atoms with Gasteiger partial charge in [0.05, 0.1) is 5.60 Å². The van der Waals surface area contributed by atoms with Gasteiger partial charge in [-0.25, -0.2) is 4.39 Å². The lowest BCUT2D eigenvalue weighted by Gasteiger charge is -2.63. The summed E-state index contributed by atoms with van der Waals surface area (Å²) in [5, 5.41) is 22.4. The highest BCUT2D eigenvalue weighted by Crippen LogP contribution is 2.56. The van der Waals surface area contributed by atoms with Crippen molar-refractivity contribution < 1.29 is 19.4 Å². The highest BCUT2D eigenvalue weighted by atomic mass is 19.1. The number of halogens is 1. The number of rotatable bonds is 3. The Labute approximate surface area is 172 Å². The number of nitrogens with one attached hydrogen (secondary N) is 1. The molecule has 2 aromatic rings. The number of benzene rings is 1. The van der Waals surface area contributed by atoms with Crippen LogP contribution in [0.3, 0.4) is 0 Å². The molecule has 2 bridgehead atoms. The van der Waals surface area contributed by atoms with E-state index in [4.69, 9.17) is 5.73 Å². The van der Waals surface area contributed by atoms with Gasteiger partial charge < -0.3 is 20.9 Å². The number of aromatic amines is 1. The summed E-state index contributed by atoms with van der Waals surface area (Å²) in [5.74, 6) is -0.692. The zero-order valence-electron chi connectivity index (χ0n) is 16.4. The largest absolute Gasteiger partial charge is 0.508 e. The molecule has 5 rings (SSSR count). The van der Waals surface area contributed by atoms with Crippen molar-refractivity contribution in [2.45, 2.75) is 42.7 Å². The summed E-state index contributed by atoms with van der Waals surface area (Å²) in [4.78, 5) is 28.8. The van der Waals surface area contributed by atoms with E-state index in [2.05, 4.69) is 4.98 Å². The van der Waals surface area contributed by atoms with Crippen molar-refractivity contribution in [2.75, 3.05) is 19.8 Å². The van der Waals surface area contributed by atoms with E-state index in [1.165, 1.54) is 6.07 Å². The van der Waals surface area contributed by atoms with Crippen molar-refractivity contribution >= 4 is 5.91 Å². The standard InChI is InChI=1S/C22H24FN3O4/c23-4-6-26-5-3-21-11-17-13(7-15(19(24)28)20(29)25-17)10-22(21,30)18(26)8-12-1-2-14(27)9-16(12)21/h1-2,7,9,18,27,30H,3-6,8,10-11H2,(H2,24,28)(H,25,29)/t18-,21-,22-/m1/s1. The van der Waals surface area contributed by atoms with Crippen LogP contribution in [0, 0.1) is 0 Å². The van der Waals surface area contributed by atoms with Gasteiger partial charge in [0.15, 0.2) is 0 Å². The van der Waals surface area contributed by atoms with E-state index < -0.39 is 29.2 Å². The summed E-state index contributed by atoms with van der Waals surface area (Å²) >= 11 is 0. The molecule has 1 aliphatic heterocycles. The Morgan fingerprint density at radius 1 is 1.30 bits per heavy atom. The molecule has 1 aromatic carbocycles. The Bertz CT molecular complexity index is 1120. The quantitative estimate of drug-likeness (QED) is 0.586. The maximum atomic E-state index is 13.3. The predicted octanol–water partition coefficient (Wildman–Crippen LogP) is 0.547. The number of fused-ring (bicyclic) bond motifs is 2. The number of primary amides is 1. The molecule has 1 saturated heterocycles. The van der Waals surface area contributed by atoms with Crippen LogP contribution in [0.25, 0.3) is 0 Å². The van der Waals surface area contributed by atoms with Gasteiger partial charge in [0.25, 0.3) is 11.5 Å². The number of hydrogen-bond donors (Lipinski definition) is 4. The Balaban J connectivity index is 1.74. The molecule has 30 heavy (non-hydrogen) atoms. The molecule has 8 heteroatoms. The molecule has 2 aliphatic carbocycles. The molecule has 1 aromatic heterocycles. The van der Waals surface area contributed by atoms with Crippen LogP contribution in [0.5, 0.6) is 5.75 Å². The molecule has 1 fully saturated rings. The predicted molar refractivity (Wildman–Crippen MR) is 107 cm³/mol. The Hall–Kier alpha value is -2.71. The van der Waals surface area contributed by atoms with E-state index in [0.29, 0.717) is 37.1 Å². The Morgan fingerprint density at radius 2 is 2.10 bits per heavy atom. The maximum Gasteiger partial charge on any atom is 0.261 e. The number of carbonyl (C=O) groups excluding carboxylic acids is 1. The molecular formula is C22H24FN3O4. The first-order valence-electron chi connectivity index (χ1n) is 10.2. The highest BCUT2D eigenvalue weighted by molar-refractivity contribution is 5.92. The number of aromatic hydroxyl groups is 1. The number of aliphatic hydroxyl groups is 1. The zero-order chi connectivity index (χ0) is 21.3. The first kappa shape index (κ1) is 19.3. The molecule has 0 spiro atoms. The van der Waals surface area contributed by atoms with Crippen LogP contribution in [-0.4, -0.2) is 57.4 Å². The fraction of sp³-hybridized carbons (Fsp3) is 0.455. The van der Waals surface area contributed by atoms with Gasteiger partial charge in [-0.2, -0.15) is 0 Å². The monoisotopic (exact) mass is 413 g/mol. The lowest BCUT2D eigenvalue weighted by Crippen LogP contribution is -2.74. The number of likely N-dealkylation sites (tertiary alicyclic amines) is 1. The normalized spacial score (nSPS) is 29.6. The summed E-state index contributed by atoms with van der Waals surface area (Å²) < 4.78 is 13.3. The van der Waals surface area contributed by atoms with Crippen molar-refractivity contribution in [3.8, 4) is 5.75 Å². The van der Waals surface area contributed by atoms with Crippen LogP contribution in [0.15, 0.2) is 29.1 Å². The van der Waals surface area contributed by atoms with Gasteiger partial charge in [-0.15, -0.1) is 0 Å². The van der Waals surface area contributed by atoms with Crippen LogP contribution in [0.4, 0.5) is 4.39 Å². The molecular weight excluding hydrogens is 389 g/mol. The van der Waals surface area contributed by atoms with E-state index in [1.807, 2.05) is 11.0 Å². The summed E-state index contributed by atoms with van der Waals surface area (Å²) in [6.07, 6.45) is 1.68. The number of nitrogens with two attached hydrogens (primary N) is 1. The van der Waals surface area contributed by atoms with Gasteiger partial charge in [0.2, 0.25) is 0 Å². The number of pyridine rings is 1. The third-order valence-electron chi connectivity index (χ3n) is 7.46. The lowest BCUT2D eigenvalue weighted by molar-refractivity contribution is -0.151. The summed E-state index contributed by atoms with van der Waals surface area (Å²) in [6.45, 7) is 0.351. The number of aromatic nitrogens is 1. The minimum absolute atomic E-state index is 0.124.